The Morgan fingerprint density at radius 3 is 1.05 bits per heavy atom. The van der Waals surface area contributed by atoms with Gasteiger partial charge in [-0.05, 0) is 120 Å². The molecule has 0 saturated carbocycles. The number of fused-ring (bicyclic) bond motifs is 17. The molecule has 0 N–H and O–H groups in total. The minimum Gasteiger partial charge on any atom is -0.456 e. The Hall–Kier alpha value is -13.2. The van der Waals surface area contributed by atoms with Gasteiger partial charge in [-0.25, -0.2) is 19.9 Å². The fourth-order valence-corrected chi connectivity index (χ4v) is 15.1. The van der Waals surface area contributed by atoms with Gasteiger partial charge in [-0.15, -0.1) is 0 Å². The van der Waals surface area contributed by atoms with Crippen LogP contribution in [0.25, 0.3) is 188 Å². The Balaban J connectivity index is 0.000000132. The van der Waals surface area contributed by atoms with Gasteiger partial charge in [0.25, 0.3) is 0 Å². The zero-order valence-electron chi connectivity index (χ0n) is 52.2. The van der Waals surface area contributed by atoms with Crippen molar-refractivity contribution in [3.05, 3.63) is 328 Å². The molecule has 0 unspecified atom stereocenters. The summed E-state index contributed by atoms with van der Waals surface area (Å²) >= 11 is 0. The molecule has 9 nitrogen and oxygen atoms in total. The quantitative estimate of drug-likeness (QED) is 0.159. The summed E-state index contributed by atoms with van der Waals surface area (Å²) in [5, 5.41) is 13.8. The zero-order valence-corrected chi connectivity index (χ0v) is 52.2. The number of hydrogen-bond acceptors (Lipinski definition) is 5. The summed E-state index contributed by atoms with van der Waals surface area (Å²) in [6, 6.07) is 115. The van der Waals surface area contributed by atoms with Crippen LogP contribution >= 0.6 is 0 Å². The molecular weight excluding hydrogens is 1190 g/mol. The maximum Gasteiger partial charge on any atom is 0.235 e. The molecule has 0 bridgehead atoms. The number of furan rings is 1. The minimum atomic E-state index is 0.631. The molecule has 0 spiro atoms. The second-order valence-corrected chi connectivity index (χ2v) is 24.9. The lowest BCUT2D eigenvalue weighted by Gasteiger charge is -2.13. The fraction of sp³-hybridized carbons (Fsp3) is 0. The average molecular weight is 1240 g/mol. The van der Waals surface area contributed by atoms with Crippen molar-refractivity contribution in [2.75, 3.05) is 0 Å². The van der Waals surface area contributed by atoms with Crippen LogP contribution in [0, 0.1) is 0 Å². The molecule has 9 heteroatoms. The van der Waals surface area contributed by atoms with Crippen LogP contribution in [0.4, 0.5) is 0 Å². The van der Waals surface area contributed by atoms with Gasteiger partial charge in [0.1, 0.15) is 11.2 Å². The molecule has 0 aliphatic heterocycles. The van der Waals surface area contributed by atoms with E-state index >= 15 is 0 Å². The van der Waals surface area contributed by atoms with E-state index < -0.39 is 0 Å². The van der Waals surface area contributed by atoms with Gasteiger partial charge in [-0.2, -0.15) is 0 Å². The standard InChI is InChI=1S/C44H26N4O.C44H28N4/c1-2-12-28(13-3-1)47-37-19-9-5-14-29(37)34-25-35-30-15-6-10-20-38(30)48(40(35)26-39(34)47)44-45-36-18-8-4-17-33(36)43(46-44)27-22-23-32-31-16-7-11-21-41(31)49-42(32)24-27;1-3-14-29(15-4-1)30-16-13-17-31(26-30)43-35-22-7-10-23-38(35)45-44(46-43)48-40-25-12-9-21-34(40)37-27-36-33-20-8-11-24-39(33)47(41(36)28-42(37)48)32-18-5-2-6-19-32/h1-26H;1-28H. The summed E-state index contributed by atoms with van der Waals surface area (Å²) in [5.41, 5.74) is 20.9. The van der Waals surface area contributed by atoms with E-state index in [-0.39, 0.29) is 0 Å². The molecule has 97 heavy (non-hydrogen) atoms. The van der Waals surface area contributed by atoms with Crippen molar-refractivity contribution in [1.29, 1.82) is 0 Å². The number of aromatic nitrogens is 8. The van der Waals surface area contributed by atoms with Crippen LogP contribution in [0.3, 0.4) is 0 Å². The molecule has 0 saturated heterocycles. The van der Waals surface area contributed by atoms with Crippen molar-refractivity contribution in [1.82, 2.24) is 38.2 Å². The molecule has 0 aliphatic carbocycles. The second-order valence-electron chi connectivity index (χ2n) is 24.9. The van der Waals surface area contributed by atoms with Crippen LogP contribution < -0.4 is 0 Å². The Morgan fingerprint density at radius 1 is 0.196 bits per heavy atom. The number of benzene rings is 14. The number of rotatable bonds is 7. The van der Waals surface area contributed by atoms with E-state index in [2.05, 4.69) is 316 Å². The van der Waals surface area contributed by atoms with Gasteiger partial charge in [0.05, 0.1) is 66.6 Å². The predicted octanol–water partition coefficient (Wildman–Crippen LogP) is 22.5. The van der Waals surface area contributed by atoms with E-state index in [0.29, 0.717) is 11.9 Å². The van der Waals surface area contributed by atoms with E-state index in [9.17, 15) is 0 Å². The molecule has 14 aromatic carbocycles. The van der Waals surface area contributed by atoms with Crippen molar-refractivity contribution < 1.29 is 4.42 Å². The average Bonchev–Trinajstić information content (AvgIpc) is 1.57. The molecule has 21 rings (SSSR count). The highest BCUT2D eigenvalue weighted by Gasteiger charge is 2.24. The topological polar surface area (TPSA) is 84.4 Å². The van der Waals surface area contributed by atoms with Crippen molar-refractivity contribution in [3.8, 4) is 56.9 Å². The number of hydrogen-bond donors (Lipinski definition) is 0. The second kappa shape index (κ2) is 21.7. The third-order valence-corrected chi connectivity index (χ3v) is 19.4. The van der Waals surface area contributed by atoms with Crippen molar-refractivity contribution in [2.45, 2.75) is 0 Å². The monoisotopic (exact) mass is 1240 g/mol. The zero-order chi connectivity index (χ0) is 63.7. The highest BCUT2D eigenvalue weighted by atomic mass is 16.3. The smallest absolute Gasteiger partial charge is 0.235 e. The van der Waals surface area contributed by atoms with E-state index in [1.165, 1.54) is 54.3 Å². The summed E-state index contributed by atoms with van der Waals surface area (Å²) in [7, 11) is 0. The molecule has 452 valence electrons. The molecule has 21 aromatic rings. The summed E-state index contributed by atoms with van der Waals surface area (Å²) < 4.78 is 15.5. The molecule has 0 fully saturated rings. The van der Waals surface area contributed by atoms with Crippen LogP contribution in [0.2, 0.25) is 0 Å². The lowest BCUT2D eigenvalue weighted by Crippen LogP contribution is -2.03. The van der Waals surface area contributed by atoms with E-state index in [0.717, 1.165) is 122 Å². The number of nitrogens with zero attached hydrogens (tertiary/aromatic N) is 8. The van der Waals surface area contributed by atoms with E-state index in [1.54, 1.807) is 0 Å². The molecule has 0 amide bonds. The van der Waals surface area contributed by atoms with Gasteiger partial charge < -0.3 is 13.6 Å². The van der Waals surface area contributed by atoms with Gasteiger partial charge in [0, 0.05) is 87.1 Å². The number of para-hydroxylation sites is 9. The fourth-order valence-electron chi connectivity index (χ4n) is 15.1. The molecule has 0 aliphatic rings. The Labute approximate surface area is 554 Å². The maximum atomic E-state index is 6.31. The van der Waals surface area contributed by atoms with Gasteiger partial charge in [0.2, 0.25) is 11.9 Å². The summed E-state index contributed by atoms with van der Waals surface area (Å²) in [4.78, 5) is 21.2. The highest BCUT2D eigenvalue weighted by molar-refractivity contribution is 6.21. The first kappa shape index (κ1) is 54.3. The van der Waals surface area contributed by atoms with Crippen molar-refractivity contribution in [2.24, 2.45) is 0 Å². The summed E-state index contributed by atoms with van der Waals surface area (Å²) in [6.07, 6.45) is 0. The van der Waals surface area contributed by atoms with Crippen LogP contribution in [-0.2, 0) is 0 Å². The van der Waals surface area contributed by atoms with Crippen LogP contribution in [0.5, 0.6) is 0 Å². The minimum absolute atomic E-state index is 0.631. The van der Waals surface area contributed by atoms with Gasteiger partial charge in [-0.1, -0.05) is 218 Å². The lowest BCUT2D eigenvalue weighted by atomic mass is 10.00. The Kier molecular flexibility index (Phi) is 12.1. The van der Waals surface area contributed by atoms with Gasteiger partial charge >= 0.3 is 0 Å². The maximum absolute atomic E-state index is 6.31. The van der Waals surface area contributed by atoms with Crippen LogP contribution in [0.1, 0.15) is 0 Å². The van der Waals surface area contributed by atoms with Crippen LogP contribution in [-0.4, -0.2) is 38.2 Å². The Morgan fingerprint density at radius 2 is 0.557 bits per heavy atom. The first-order valence-corrected chi connectivity index (χ1v) is 32.8. The van der Waals surface area contributed by atoms with E-state index in [1.807, 2.05) is 30.3 Å². The highest BCUT2D eigenvalue weighted by Crippen LogP contribution is 2.44. The third kappa shape index (κ3) is 8.58. The van der Waals surface area contributed by atoms with Crippen LogP contribution in [0.15, 0.2) is 332 Å². The molecule has 0 atom stereocenters. The first-order chi connectivity index (χ1) is 48.1. The molecule has 7 heterocycles. The van der Waals surface area contributed by atoms with Crippen molar-refractivity contribution in [3.63, 3.8) is 0 Å². The largest absolute Gasteiger partial charge is 0.456 e. The molecular formula is C88H54N8O. The SMILES string of the molecule is c1ccc(-c2cccc(-c3nc(-n4c5ccccc5c5cc6c7ccccc7n(-c7ccccc7)c6cc54)nc4ccccc34)c2)cc1.c1ccc(-n2c3ccccc3c3cc4c5ccccc5n(-c5nc(-c6ccc7c(c6)oc6ccccc67)c6ccccc6n5)c4cc32)cc1. The van der Waals surface area contributed by atoms with Gasteiger partial charge in [-0.3, -0.25) is 9.13 Å². The normalized spacial score (nSPS) is 11.9. The lowest BCUT2D eigenvalue weighted by molar-refractivity contribution is 0.669. The van der Waals surface area contributed by atoms with Crippen molar-refractivity contribution >= 4 is 131 Å². The van der Waals surface area contributed by atoms with Gasteiger partial charge in [0.15, 0.2) is 0 Å². The third-order valence-electron chi connectivity index (χ3n) is 19.4. The molecule has 0 radical (unpaired) electrons. The molecule has 7 aromatic heterocycles. The summed E-state index contributed by atoms with van der Waals surface area (Å²) in [6.45, 7) is 0. The Bertz CT molecular complexity index is 6760. The summed E-state index contributed by atoms with van der Waals surface area (Å²) in [5.74, 6) is 1.29. The first-order valence-electron chi connectivity index (χ1n) is 32.8. The van der Waals surface area contributed by atoms with E-state index in [4.69, 9.17) is 24.4 Å². The predicted molar refractivity (Wildman–Crippen MR) is 400 cm³/mol.